The first-order chi connectivity index (χ1) is 9.12. The molecule has 0 aliphatic rings. The number of alkyl halides is 3. The lowest BCUT2D eigenvalue weighted by Crippen LogP contribution is -2.34. The molecule has 3 N–H and O–H groups in total. The van der Waals surface area contributed by atoms with Crippen molar-refractivity contribution >= 4 is 5.91 Å². The number of hydrogen-bond donors (Lipinski definition) is 3. The van der Waals surface area contributed by atoms with Crippen LogP contribution in [0.1, 0.15) is 16.8 Å². The van der Waals surface area contributed by atoms with Gasteiger partial charge in [0.2, 0.25) is 0 Å². The van der Waals surface area contributed by atoms with Crippen LogP contribution >= 0.6 is 0 Å². The fourth-order valence-corrected chi connectivity index (χ4v) is 1.36. The van der Waals surface area contributed by atoms with E-state index in [1.807, 2.05) is 5.32 Å². The van der Waals surface area contributed by atoms with Crippen molar-refractivity contribution in [1.29, 1.82) is 0 Å². The van der Waals surface area contributed by atoms with Crippen molar-refractivity contribution in [1.82, 2.24) is 5.32 Å². The highest BCUT2D eigenvalue weighted by molar-refractivity contribution is 5.97. The van der Waals surface area contributed by atoms with Gasteiger partial charge in [-0.1, -0.05) is 0 Å². The van der Waals surface area contributed by atoms with Gasteiger partial charge in [-0.3, -0.25) is 4.79 Å². The molecule has 20 heavy (non-hydrogen) atoms. The summed E-state index contributed by atoms with van der Waals surface area (Å²) in [6.45, 7) is -0.601. The van der Waals surface area contributed by atoms with E-state index in [4.69, 9.17) is 5.11 Å². The maximum absolute atomic E-state index is 13.2. The summed E-state index contributed by atoms with van der Waals surface area (Å²) >= 11 is 0. The van der Waals surface area contributed by atoms with Crippen LogP contribution in [0.3, 0.4) is 0 Å². The molecule has 1 amide bonds. The van der Waals surface area contributed by atoms with Gasteiger partial charge < -0.3 is 15.5 Å². The first-order valence-corrected chi connectivity index (χ1v) is 5.34. The van der Waals surface area contributed by atoms with Gasteiger partial charge in [0.1, 0.15) is 22.9 Å². The molecule has 0 saturated heterocycles. The van der Waals surface area contributed by atoms with Crippen LogP contribution in [0.25, 0.3) is 0 Å². The maximum Gasteiger partial charge on any atom is 0.414 e. The molecule has 4 nitrogen and oxygen atoms in total. The Morgan fingerprint density at radius 3 is 2.40 bits per heavy atom. The summed E-state index contributed by atoms with van der Waals surface area (Å²) < 4.78 is 61.8. The number of phenolic OH excluding ortho intramolecular Hbond substituents is 1. The van der Waals surface area contributed by atoms with Gasteiger partial charge in [-0.05, 0) is 6.42 Å². The molecule has 0 aliphatic carbocycles. The van der Waals surface area contributed by atoms with Crippen LogP contribution in [0.15, 0.2) is 12.1 Å². The minimum absolute atomic E-state index is 0.346. The molecule has 0 radical (unpaired) electrons. The van der Waals surface area contributed by atoms with Gasteiger partial charge in [-0.2, -0.15) is 13.2 Å². The average molecular weight is 299 g/mol. The summed E-state index contributed by atoms with van der Waals surface area (Å²) in [6, 6.07) is 0.835. The Labute approximate surface area is 109 Å². The van der Waals surface area contributed by atoms with Crippen molar-refractivity contribution in [2.45, 2.75) is 18.7 Å². The molecule has 1 aromatic rings. The molecule has 0 bridgehead atoms. The van der Waals surface area contributed by atoms with Crippen LogP contribution in [0, 0.1) is 11.6 Å². The van der Waals surface area contributed by atoms with E-state index in [1.54, 1.807) is 0 Å². The van der Waals surface area contributed by atoms with Crippen LogP contribution in [-0.2, 0) is 0 Å². The van der Waals surface area contributed by atoms with Gasteiger partial charge >= 0.3 is 6.18 Å². The Balaban J connectivity index is 2.65. The number of carbonyl (C=O) groups excluding carboxylic acids is 1. The van der Waals surface area contributed by atoms with Gasteiger partial charge in [-0.15, -0.1) is 0 Å². The highest BCUT2D eigenvalue weighted by atomic mass is 19.4. The van der Waals surface area contributed by atoms with Crippen molar-refractivity contribution < 1.29 is 37.0 Å². The number of aliphatic hydroxyl groups is 1. The van der Waals surface area contributed by atoms with Crippen LogP contribution in [0.5, 0.6) is 5.75 Å². The number of rotatable bonds is 4. The van der Waals surface area contributed by atoms with Crippen LogP contribution < -0.4 is 5.32 Å². The fraction of sp³-hybridized carbons (Fsp3) is 0.364. The summed E-state index contributed by atoms with van der Waals surface area (Å²) in [5, 5.41) is 19.8. The zero-order valence-electron chi connectivity index (χ0n) is 9.84. The highest BCUT2D eigenvalue weighted by Crippen LogP contribution is 2.23. The highest BCUT2D eigenvalue weighted by Gasteiger charge is 2.37. The smallest absolute Gasteiger partial charge is 0.414 e. The van der Waals surface area contributed by atoms with Gasteiger partial charge in [0.05, 0.1) is 0 Å². The molecular formula is C11H10F5NO3. The van der Waals surface area contributed by atoms with E-state index in [0.29, 0.717) is 12.1 Å². The summed E-state index contributed by atoms with van der Waals surface area (Å²) in [6.07, 6.45) is -8.29. The van der Waals surface area contributed by atoms with Crippen molar-refractivity contribution in [2.75, 3.05) is 6.54 Å². The predicted molar refractivity (Wildman–Crippen MR) is 57.0 cm³/mol. The third kappa shape index (κ3) is 4.05. The van der Waals surface area contributed by atoms with Crippen LogP contribution in [-0.4, -0.2) is 34.9 Å². The number of halogens is 5. The fourth-order valence-electron chi connectivity index (χ4n) is 1.36. The summed E-state index contributed by atoms with van der Waals surface area (Å²) in [5.41, 5.74) is -0.882. The van der Waals surface area contributed by atoms with Gasteiger partial charge in [0.15, 0.2) is 6.10 Å². The van der Waals surface area contributed by atoms with Crippen molar-refractivity contribution in [3.8, 4) is 5.75 Å². The van der Waals surface area contributed by atoms with E-state index in [0.717, 1.165) is 0 Å². The van der Waals surface area contributed by atoms with E-state index in [1.165, 1.54) is 0 Å². The SMILES string of the molecule is O=C(NCC[C@H](O)C(F)(F)F)c1c(O)cc(F)cc1F. The zero-order valence-corrected chi connectivity index (χ0v) is 9.84. The topological polar surface area (TPSA) is 69.6 Å². The Morgan fingerprint density at radius 1 is 1.30 bits per heavy atom. The van der Waals surface area contributed by atoms with Gasteiger partial charge in [0, 0.05) is 18.7 Å². The molecule has 0 aliphatic heterocycles. The molecule has 9 heteroatoms. The first-order valence-electron chi connectivity index (χ1n) is 5.34. The first kappa shape index (κ1) is 16.2. The van der Waals surface area contributed by atoms with Crippen molar-refractivity contribution in [2.24, 2.45) is 0 Å². The molecule has 0 fully saturated rings. The van der Waals surface area contributed by atoms with Crippen LogP contribution in [0.4, 0.5) is 22.0 Å². The summed E-state index contributed by atoms with van der Waals surface area (Å²) in [4.78, 5) is 11.4. The lowest BCUT2D eigenvalue weighted by molar-refractivity contribution is -0.204. The van der Waals surface area contributed by atoms with Crippen LogP contribution in [0.2, 0.25) is 0 Å². The molecular weight excluding hydrogens is 289 g/mol. The second kappa shape index (κ2) is 6.04. The molecule has 0 heterocycles. The van der Waals surface area contributed by atoms with Crippen molar-refractivity contribution in [3.05, 3.63) is 29.3 Å². The molecule has 0 unspecified atom stereocenters. The van der Waals surface area contributed by atoms with Gasteiger partial charge in [-0.25, -0.2) is 8.78 Å². The number of benzene rings is 1. The molecule has 0 saturated carbocycles. The van der Waals surface area contributed by atoms with E-state index in [2.05, 4.69) is 0 Å². The summed E-state index contributed by atoms with van der Waals surface area (Å²) in [7, 11) is 0. The molecule has 112 valence electrons. The largest absolute Gasteiger partial charge is 0.507 e. The number of hydrogen-bond acceptors (Lipinski definition) is 3. The second-order valence-corrected chi connectivity index (χ2v) is 3.88. The van der Waals surface area contributed by atoms with E-state index in [-0.39, 0.29) is 0 Å². The van der Waals surface area contributed by atoms with Crippen molar-refractivity contribution in [3.63, 3.8) is 0 Å². The lowest BCUT2D eigenvalue weighted by atomic mass is 10.1. The van der Waals surface area contributed by atoms with E-state index < -0.39 is 54.1 Å². The Morgan fingerprint density at radius 2 is 1.90 bits per heavy atom. The molecule has 1 aromatic carbocycles. The van der Waals surface area contributed by atoms with E-state index in [9.17, 15) is 31.9 Å². The normalized spacial score (nSPS) is 13.1. The summed E-state index contributed by atoms with van der Waals surface area (Å²) in [5.74, 6) is -4.65. The lowest BCUT2D eigenvalue weighted by Gasteiger charge is -2.14. The molecule has 0 spiro atoms. The Bertz CT molecular complexity index is 480. The molecule has 1 atom stereocenters. The predicted octanol–water partition coefficient (Wildman–Crippen LogP) is 1.71. The third-order valence-corrected chi connectivity index (χ3v) is 2.34. The minimum atomic E-state index is -4.83. The molecule has 0 aromatic heterocycles. The monoisotopic (exact) mass is 299 g/mol. The maximum atomic E-state index is 13.2. The zero-order chi connectivity index (χ0) is 15.5. The number of aromatic hydroxyl groups is 1. The quantitative estimate of drug-likeness (QED) is 0.741. The standard InChI is InChI=1S/C11H10F5NO3/c12-5-3-6(13)9(7(18)4-5)10(20)17-2-1-8(19)11(14,15)16/h3-4,8,18-19H,1-2H2,(H,17,20)/t8-/m0/s1. The Hall–Kier alpha value is -1.90. The van der Waals surface area contributed by atoms with E-state index >= 15 is 0 Å². The minimum Gasteiger partial charge on any atom is -0.507 e. The average Bonchev–Trinajstić information content (AvgIpc) is 2.25. The molecule has 1 rings (SSSR count). The number of aliphatic hydroxyl groups excluding tert-OH is 1. The Kier molecular flexibility index (Phi) is 4.88. The second-order valence-electron chi connectivity index (χ2n) is 3.88. The third-order valence-electron chi connectivity index (χ3n) is 2.34. The number of carbonyl (C=O) groups is 1. The number of amides is 1. The number of phenols is 1. The number of nitrogens with one attached hydrogen (secondary N) is 1. The van der Waals surface area contributed by atoms with Gasteiger partial charge in [0.25, 0.3) is 5.91 Å².